The van der Waals surface area contributed by atoms with Crippen molar-refractivity contribution >= 4 is 23.2 Å². The smallest absolute Gasteiger partial charge is 0.262 e. The normalized spacial score (nSPS) is 10.5. The number of anilines is 1. The first-order valence-electron chi connectivity index (χ1n) is 7.82. The lowest BCUT2D eigenvalue weighted by atomic mass is 10.1. The number of rotatable bonds is 6. The number of amides is 1. The highest BCUT2D eigenvalue weighted by molar-refractivity contribution is 6.33. The Morgan fingerprint density at radius 1 is 1.20 bits per heavy atom. The van der Waals surface area contributed by atoms with Crippen LogP contribution in [0.4, 0.5) is 5.69 Å². The fraction of sp³-hybridized carbons (Fsp3) is 0.167. The summed E-state index contributed by atoms with van der Waals surface area (Å²) in [7, 11) is 0. The molecule has 0 spiro atoms. The van der Waals surface area contributed by atoms with Crippen molar-refractivity contribution in [3.8, 4) is 11.4 Å². The van der Waals surface area contributed by atoms with Gasteiger partial charge in [0.1, 0.15) is 18.4 Å². The van der Waals surface area contributed by atoms with Crippen LogP contribution in [-0.4, -0.2) is 27.3 Å². The van der Waals surface area contributed by atoms with Gasteiger partial charge < -0.3 is 10.1 Å². The second-order valence-corrected chi connectivity index (χ2v) is 5.75. The van der Waals surface area contributed by atoms with Gasteiger partial charge in [0.25, 0.3) is 5.91 Å². The van der Waals surface area contributed by atoms with Crippen molar-refractivity contribution in [1.29, 1.82) is 0 Å². The molecule has 6 nitrogen and oxygen atoms in total. The van der Waals surface area contributed by atoms with Crippen LogP contribution in [-0.2, 0) is 11.2 Å². The van der Waals surface area contributed by atoms with Crippen LogP contribution in [0.5, 0.6) is 5.75 Å². The summed E-state index contributed by atoms with van der Waals surface area (Å²) in [6, 6.07) is 12.9. The van der Waals surface area contributed by atoms with Gasteiger partial charge in [0.15, 0.2) is 6.61 Å². The molecule has 0 aliphatic carbocycles. The number of benzene rings is 2. The maximum Gasteiger partial charge on any atom is 0.262 e. The second-order valence-electron chi connectivity index (χ2n) is 5.34. The minimum absolute atomic E-state index is 0.133. The lowest BCUT2D eigenvalue weighted by Gasteiger charge is -2.13. The molecule has 0 radical (unpaired) electrons. The molecule has 0 fully saturated rings. The Balaban J connectivity index is 1.73. The average Bonchev–Trinajstić information content (AvgIpc) is 3.16. The van der Waals surface area contributed by atoms with Crippen LogP contribution in [0.1, 0.15) is 12.5 Å². The molecule has 25 heavy (non-hydrogen) atoms. The third-order valence-corrected chi connectivity index (χ3v) is 3.96. The van der Waals surface area contributed by atoms with E-state index >= 15 is 0 Å². The SMILES string of the molecule is CCc1ccc(OCC(=O)Nc2ccccc2Cl)c(-n2cnnc2)c1. The van der Waals surface area contributed by atoms with Gasteiger partial charge in [0, 0.05) is 0 Å². The average molecular weight is 357 g/mol. The monoisotopic (exact) mass is 356 g/mol. The quantitative estimate of drug-likeness (QED) is 0.734. The fourth-order valence-electron chi connectivity index (χ4n) is 2.32. The molecule has 0 aliphatic rings. The molecule has 7 heteroatoms. The van der Waals surface area contributed by atoms with Gasteiger partial charge in [-0.3, -0.25) is 9.36 Å². The van der Waals surface area contributed by atoms with E-state index in [4.69, 9.17) is 16.3 Å². The standard InChI is InChI=1S/C18H17ClN4O2/c1-2-13-7-8-17(16(9-13)23-11-20-21-12-23)25-10-18(24)22-15-6-4-3-5-14(15)19/h3-9,11-12H,2,10H2,1H3,(H,22,24). The molecule has 1 heterocycles. The number of aryl methyl sites for hydroxylation is 1. The molecule has 2 aromatic carbocycles. The number of para-hydroxylation sites is 1. The number of halogens is 1. The van der Waals surface area contributed by atoms with Gasteiger partial charge in [-0.1, -0.05) is 36.7 Å². The van der Waals surface area contributed by atoms with E-state index in [0.717, 1.165) is 17.7 Å². The molecule has 0 saturated heterocycles. The molecule has 0 unspecified atom stereocenters. The molecular weight excluding hydrogens is 340 g/mol. The Hall–Kier alpha value is -2.86. The van der Waals surface area contributed by atoms with E-state index in [1.54, 1.807) is 41.5 Å². The van der Waals surface area contributed by atoms with Gasteiger partial charge in [-0.2, -0.15) is 0 Å². The van der Waals surface area contributed by atoms with Crippen molar-refractivity contribution < 1.29 is 9.53 Å². The van der Waals surface area contributed by atoms with Gasteiger partial charge in [-0.05, 0) is 36.2 Å². The summed E-state index contributed by atoms with van der Waals surface area (Å²) in [5, 5.41) is 10.8. The third kappa shape index (κ3) is 4.16. The van der Waals surface area contributed by atoms with E-state index in [9.17, 15) is 4.79 Å². The Labute approximate surface area is 150 Å². The van der Waals surface area contributed by atoms with Gasteiger partial charge in [0.2, 0.25) is 0 Å². The predicted molar refractivity (Wildman–Crippen MR) is 96.3 cm³/mol. The first kappa shape index (κ1) is 17.0. The van der Waals surface area contributed by atoms with Gasteiger partial charge in [-0.15, -0.1) is 10.2 Å². The molecule has 3 rings (SSSR count). The van der Waals surface area contributed by atoms with Crippen molar-refractivity contribution in [2.75, 3.05) is 11.9 Å². The highest BCUT2D eigenvalue weighted by Crippen LogP contribution is 2.25. The molecule has 0 saturated carbocycles. The Morgan fingerprint density at radius 3 is 2.68 bits per heavy atom. The van der Waals surface area contributed by atoms with E-state index in [1.165, 1.54) is 0 Å². The molecule has 0 aliphatic heterocycles. The molecule has 1 N–H and O–H groups in total. The zero-order chi connectivity index (χ0) is 17.6. The molecule has 1 aromatic heterocycles. The van der Waals surface area contributed by atoms with E-state index < -0.39 is 0 Å². The first-order valence-corrected chi connectivity index (χ1v) is 8.20. The molecule has 0 bridgehead atoms. The summed E-state index contributed by atoms with van der Waals surface area (Å²) < 4.78 is 7.45. The zero-order valence-corrected chi connectivity index (χ0v) is 14.4. The number of carbonyl (C=O) groups excluding carboxylic acids is 1. The van der Waals surface area contributed by atoms with E-state index in [2.05, 4.69) is 22.4 Å². The minimum Gasteiger partial charge on any atom is -0.482 e. The molecule has 3 aromatic rings. The second kappa shape index (κ2) is 7.81. The minimum atomic E-state index is -0.289. The van der Waals surface area contributed by atoms with Crippen molar-refractivity contribution in [2.45, 2.75) is 13.3 Å². The lowest BCUT2D eigenvalue weighted by molar-refractivity contribution is -0.118. The van der Waals surface area contributed by atoms with Crippen molar-refractivity contribution in [2.24, 2.45) is 0 Å². The van der Waals surface area contributed by atoms with Crippen LogP contribution in [0, 0.1) is 0 Å². The lowest BCUT2D eigenvalue weighted by Crippen LogP contribution is -2.20. The Morgan fingerprint density at radius 2 is 1.96 bits per heavy atom. The summed E-state index contributed by atoms with van der Waals surface area (Å²) >= 11 is 6.04. The number of ether oxygens (including phenoxy) is 1. The predicted octanol–water partition coefficient (Wildman–Crippen LogP) is 3.50. The zero-order valence-electron chi connectivity index (χ0n) is 13.6. The van der Waals surface area contributed by atoms with Crippen LogP contribution in [0.25, 0.3) is 5.69 Å². The van der Waals surface area contributed by atoms with Gasteiger partial charge in [0.05, 0.1) is 16.4 Å². The fourth-order valence-corrected chi connectivity index (χ4v) is 2.51. The number of aromatic nitrogens is 3. The van der Waals surface area contributed by atoms with Crippen molar-refractivity contribution in [1.82, 2.24) is 14.8 Å². The maximum absolute atomic E-state index is 12.1. The number of carbonyl (C=O) groups is 1. The van der Waals surface area contributed by atoms with Gasteiger partial charge >= 0.3 is 0 Å². The maximum atomic E-state index is 12.1. The highest BCUT2D eigenvalue weighted by Gasteiger charge is 2.11. The molecular formula is C18H17ClN4O2. The van der Waals surface area contributed by atoms with Crippen LogP contribution in [0.3, 0.4) is 0 Å². The first-order chi connectivity index (χ1) is 12.2. The Kier molecular flexibility index (Phi) is 5.30. The van der Waals surface area contributed by atoms with Gasteiger partial charge in [-0.25, -0.2) is 0 Å². The largest absolute Gasteiger partial charge is 0.482 e. The number of hydrogen-bond donors (Lipinski definition) is 1. The van der Waals surface area contributed by atoms with Crippen LogP contribution < -0.4 is 10.1 Å². The number of hydrogen-bond acceptors (Lipinski definition) is 4. The van der Waals surface area contributed by atoms with Crippen LogP contribution in [0.2, 0.25) is 5.02 Å². The molecule has 1 amide bonds. The molecule has 0 atom stereocenters. The van der Waals surface area contributed by atoms with Crippen LogP contribution >= 0.6 is 11.6 Å². The summed E-state index contributed by atoms with van der Waals surface area (Å²) in [5.41, 5.74) is 2.49. The Bertz CT molecular complexity index is 865. The topological polar surface area (TPSA) is 69.0 Å². The summed E-state index contributed by atoms with van der Waals surface area (Å²) in [5.74, 6) is 0.286. The third-order valence-electron chi connectivity index (χ3n) is 3.64. The summed E-state index contributed by atoms with van der Waals surface area (Å²) in [6.45, 7) is 1.94. The summed E-state index contributed by atoms with van der Waals surface area (Å²) in [4.78, 5) is 12.1. The van der Waals surface area contributed by atoms with E-state index in [1.807, 2.05) is 18.2 Å². The number of nitrogens with one attached hydrogen (secondary N) is 1. The van der Waals surface area contributed by atoms with E-state index in [-0.39, 0.29) is 12.5 Å². The van der Waals surface area contributed by atoms with E-state index in [0.29, 0.717) is 16.5 Å². The van der Waals surface area contributed by atoms with Crippen molar-refractivity contribution in [3.63, 3.8) is 0 Å². The highest BCUT2D eigenvalue weighted by atomic mass is 35.5. The van der Waals surface area contributed by atoms with Crippen LogP contribution in [0.15, 0.2) is 55.1 Å². The molecule has 128 valence electrons. The van der Waals surface area contributed by atoms with Crippen molar-refractivity contribution in [3.05, 3.63) is 65.7 Å². The number of nitrogens with zero attached hydrogens (tertiary/aromatic N) is 3. The summed E-state index contributed by atoms with van der Waals surface area (Å²) in [6.07, 6.45) is 4.07.